The SMILES string of the molecule is CC(C)(C)NC(=O)c1ccccc1NC(=O)Cc1csc(-c2ccc(C(F)(F)F)cc2)n1. The predicted octanol–water partition coefficient (Wildman–Crippen LogP) is 5.54. The van der Waals surface area contributed by atoms with E-state index in [9.17, 15) is 22.8 Å². The molecule has 0 unspecified atom stereocenters. The fourth-order valence-electron chi connectivity index (χ4n) is 2.88. The van der Waals surface area contributed by atoms with E-state index in [1.807, 2.05) is 20.8 Å². The van der Waals surface area contributed by atoms with E-state index in [-0.39, 0.29) is 18.2 Å². The van der Waals surface area contributed by atoms with E-state index in [2.05, 4.69) is 15.6 Å². The number of hydrogen-bond donors (Lipinski definition) is 2. The molecule has 0 saturated carbocycles. The standard InChI is InChI=1S/C23H22F3N3O2S/c1-22(2,3)29-20(31)17-6-4-5-7-18(17)28-19(30)12-16-13-32-21(27-16)14-8-10-15(11-9-14)23(24,25)26/h4-11,13H,12H2,1-3H3,(H,28,30)(H,29,31). The molecule has 0 atom stereocenters. The molecule has 1 heterocycles. The van der Waals surface area contributed by atoms with Crippen molar-refractivity contribution in [3.05, 3.63) is 70.7 Å². The Kier molecular flexibility index (Phi) is 6.68. The number of amides is 2. The number of thiazole rings is 1. The second-order valence-electron chi connectivity index (χ2n) is 8.19. The molecule has 32 heavy (non-hydrogen) atoms. The van der Waals surface area contributed by atoms with E-state index in [0.29, 0.717) is 27.5 Å². The molecule has 0 spiro atoms. The van der Waals surface area contributed by atoms with Gasteiger partial charge in [0.2, 0.25) is 5.91 Å². The van der Waals surface area contributed by atoms with Crippen molar-refractivity contribution < 1.29 is 22.8 Å². The van der Waals surface area contributed by atoms with E-state index in [1.165, 1.54) is 23.5 Å². The van der Waals surface area contributed by atoms with Crippen molar-refractivity contribution in [3.8, 4) is 10.6 Å². The fraction of sp³-hybridized carbons (Fsp3) is 0.261. The number of nitrogens with one attached hydrogen (secondary N) is 2. The Morgan fingerprint density at radius 3 is 2.28 bits per heavy atom. The lowest BCUT2D eigenvalue weighted by Gasteiger charge is -2.21. The molecule has 0 radical (unpaired) electrons. The summed E-state index contributed by atoms with van der Waals surface area (Å²) < 4.78 is 38.2. The molecule has 0 fully saturated rings. The minimum Gasteiger partial charge on any atom is -0.347 e. The van der Waals surface area contributed by atoms with Crippen molar-refractivity contribution in [1.29, 1.82) is 0 Å². The van der Waals surface area contributed by atoms with Crippen LogP contribution in [0.1, 0.15) is 42.4 Å². The maximum absolute atomic E-state index is 12.7. The lowest BCUT2D eigenvalue weighted by Crippen LogP contribution is -2.40. The third kappa shape index (κ3) is 6.16. The minimum atomic E-state index is -4.40. The Balaban J connectivity index is 1.68. The van der Waals surface area contributed by atoms with Gasteiger partial charge in [0.1, 0.15) is 5.01 Å². The van der Waals surface area contributed by atoms with Gasteiger partial charge in [-0.25, -0.2) is 4.98 Å². The summed E-state index contributed by atoms with van der Waals surface area (Å²) in [6.45, 7) is 5.59. The summed E-state index contributed by atoms with van der Waals surface area (Å²) in [5.41, 5.74) is 0.602. The molecule has 2 N–H and O–H groups in total. The van der Waals surface area contributed by atoms with E-state index >= 15 is 0 Å². The van der Waals surface area contributed by atoms with Gasteiger partial charge in [-0.3, -0.25) is 9.59 Å². The van der Waals surface area contributed by atoms with Crippen LogP contribution in [0.2, 0.25) is 0 Å². The number of benzene rings is 2. The fourth-order valence-corrected chi connectivity index (χ4v) is 3.71. The molecular formula is C23H22F3N3O2S. The maximum atomic E-state index is 12.7. The van der Waals surface area contributed by atoms with Crippen LogP contribution in [-0.2, 0) is 17.4 Å². The highest BCUT2D eigenvalue weighted by atomic mass is 32.1. The lowest BCUT2D eigenvalue weighted by atomic mass is 10.1. The number of carbonyl (C=O) groups is 2. The Morgan fingerprint density at radius 1 is 1.00 bits per heavy atom. The van der Waals surface area contributed by atoms with Gasteiger partial charge >= 0.3 is 6.18 Å². The minimum absolute atomic E-state index is 0.0354. The first kappa shape index (κ1) is 23.5. The second kappa shape index (κ2) is 9.12. The predicted molar refractivity (Wildman–Crippen MR) is 119 cm³/mol. The number of aromatic nitrogens is 1. The summed E-state index contributed by atoms with van der Waals surface area (Å²) in [4.78, 5) is 29.4. The Bertz CT molecular complexity index is 1120. The van der Waals surface area contributed by atoms with Gasteiger partial charge in [-0.2, -0.15) is 13.2 Å². The van der Waals surface area contributed by atoms with Crippen molar-refractivity contribution in [2.45, 2.75) is 38.9 Å². The summed E-state index contributed by atoms with van der Waals surface area (Å²) in [5, 5.41) is 7.81. The molecule has 2 aromatic carbocycles. The van der Waals surface area contributed by atoms with Crippen molar-refractivity contribution in [3.63, 3.8) is 0 Å². The second-order valence-corrected chi connectivity index (χ2v) is 9.05. The lowest BCUT2D eigenvalue weighted by molar-refractivity contribution is -0.137. The number of nitrogens with zero attached hydrogens (tertiary/aromatic N) is 1. The van der Waals surface area contributed by atoms with Gasteiger partial charge < -0.3 is 10.6 Å². The molecule has 1 aromatic heterocycles. The number of hydrogen-bond acceptors (Lipinski definition) is 4. The largest absolute Gasteiger partial charge is 0.416 e. The summed E-state index contributed by atoms with van der Waals surface area (Å²) >= 11 is 1.24. The smallest absolute Gasteiger partial charge is 0.347 e. The normalized spacial score (nSPS) is 11.8. The highest BCUT2D eigenvalue weighted by Crippen LogP contribution is 2.31. The first-order chi connectivity index (χ1) is 14.9. The van der Waals surface area contributed by atoms with E-state index < -0.39 is 17.3 Å². The van der Waals surface area contributed by atoms with Gasteiger partial charge in [0, 0.05) is 16.5 Å². The zero-order chi connectivity index (χ0) is 23.5. The van der Waals surface area contributed by atoms with E-state index in [4.69, 9.17) is 0 Å². The average molecular weight is 462 g/mol. The molecule has 2 amide bonds. The number of carbonyl (C=O) groups excluding carboxylic acids is 2. The summed E-state index contributed by atoms with van der Waals surface area (Å²) in [6, 6.07) is 11.4. The topological polar surface area (TPSA) is 71.1 Å². The zero-order valence-corrected chi connectivity index (χ0v) is 18.5. The number of anilines is 1. The highest BCUT2D eigenvalue weighted by molar-refractivity contribution is 7.13. The molecule has 9 heteroatoms. The molecular weight excluding hydrogens is 439 g/mol. The number of alkyl halides is 3. The molecule has 0 aliphatic heterocycles. The zero-order valence-electron chi connectivity index (χ0n) is 17.7. The van der Waals surface area contributed by atoms with Crippen LogP contribution in [-0.4, -0.2) is 22.3 Å². The van der Waals surface area contributed by atoms with Crippen LogP contribution in [0.25, 0.3) is 10.6 Å². The number of rotatable bonds is 5. The van der Waals surface area contributed by atoms with E-state index in [1.54, 1.807) is 29.6 Å². The molecule has 0 bridgehead atoms. The Morgan fingerprint density at radius 2 is 1.66 bits per heavy atom. The molecule has 168 valence electrons. The third-order valence-electron chi connectivity index (χ3n) is 4.29. The first-order valence-corrected chi connectivity index (χ1v) is 10.6. The maximum Gasteiger partial charge on any atom is 0.416 e. The number of halogens is 3. The van der Waals surface area contributed by atoms with Crippen LogP contribution in [0.5, 0.6) is 0 Å². The first-order valence-electron chi connectivity index (χ1n) is 9.76. The van der Waals surface area contributed by atoms with Crippen LogP contribution in [0.4, 0.5) is 18.9 Å². The third-order valence-corrected chi connectivity index (χ3v) is 5.23. The summed E-state index contributed by atoms with van der Waals surface area (Å²) in [5.74, 6) is -0.656. The molecule has 0 saturated heterocycles. The van der Waals surface area contributed by atoms with Crippen molar-refractivity contribution in [2.24, 2.45) is 0 Å². The van der Waals surface area contributed by atoms with Gasteiger partial charge in [0.15, 0.2) is 0 Å². The highest BCUT2D eigenvalue weighted by Gasteiger charge is 2.30. The quantitative estimate of drug-likeness (QED) is 0.524. The Hall–Kier alpha value is -3.20. The Labute approximate surface area is 187 Å². The molecule has 0 aliphatic rings. The summed E-state index contributed by atoms with van der Waals surface area (Å²) in [6.07, 6.45) is -4.43. The van der Waals surface area contributed by atoms with Gasteiger partial charge in [-0.15, -0.1) is 11.3 Å². The molecule has 3 aromatic rings. The van der Waals surface area contributed by atoms with Gasteiger partial charge in [-0.05, 0) is 45.0 Å². The van der Waals surface area contributed by atoms with Crippen LogP contribution in [0, 0.1) is 0 Å². The van der Waals surface area contributed by atoms with Crippen molar-refractivity contribution in [2.75, 3.05) is 5.32 Å². The van der Waals surface area contributed by atoms with Crippen LogP contribution in [0.15, 0.2) is 53.9 Å². The van der Waals surface area contributed by atoms with Gasteiger partial charge in [0.05, 0.1) is 28.9 Å². The molecule has 0 aliphatic carbocycles. The van der Waals surface area contributed by atoms with Crippen molar-refractivity contribution >= 4 is 28.8 Å². The van der Waals surface area contributed by atoms with Crippen molar-refractivity contribution in [1.82, 2.24) is 10.3 Å². The molecule has 3 rings (SSSR count). The van der Waals surface area contributed by atoms with Crippen LogP contribution in [0.3, 0.4) is 0 Å². The summed E-state index contributed by atoms with van der Waals surface area (Å²) in [7, 11) is 0. The van der Waals surface area contributed by atoms with Gasteiger partial charge in [-0.1, -0.05) is 24.3 Å². The number of para-hydroxylation sites is 1. The van der Waals surface area contributed by atoms with Crippen LogP contribution < -0.4 is 10.6 Å². The average Bonchev–Trinajstić information content (AvgIpc) is 3.14. The monoisotopic (exact) mass is 461 g/mol. The molecule has 5 nitrogen and oxygen atoms in total. The van der Waals surface area contributed by atoms with Gasteiger partial charge in [0.25, 0.3) is 5.91 Å². The van der Waals surface area contributed by atoms with Crippen LogP contribution >= 0.6 is 11.3 Å². The van der Waals surface area contributed by atoms with E-state index in [0.717, 1.165) is 12.1 Å².